The van der Waals surface area contributed by atoms with Gasteiger partial charge in [-0.1, -0.05) is 39.7 Å². The van der Waals surface area contributed by atoms with E-state index >= 15 is 0 Å². The second-order valence-corrected chi connectivity index (χ2v) is 14.8. The van der Waals surface area contributed by atoms with E-state index in [-0.39, 0.29) is 17.4 Å². The molecule has 0 aromatic heterocycles. The highest BCUT2D eigenvalue weighted by Gasteiger charge is 2.50. The van der Waals surface area contributed by atoms with Gasteiger partial charge in [-0.15, -0.1) is 0 Å². The standard InChI is InChI=1S/C17H23BrClNO5SSi/c1-17(12-6-8-13(19)9-7-12)15(21)14(25-27(2,3)4)16(24-17)20-26(22,23)11-5-10-18/h6-9,20H,5,10-11H2,1-4H3. The molecule has 0 amide bonds. The molecule has 1 atom stereocenters. The maximum absolute atomic E-state index is 13.1. The first kappa shape index (κ1) is 22.3. The summed E-state index contributed by atoms with van der Waals surface area (Å²) >= 11 is 9.14. The van der Waals surface area contributed by atoms with Crippen LogP contribution in [0.1, 0.15) is 18.9 Å². The summed E-state index contributed by atoms with van der Waals surface area (Å²) < 4.78 is 38.8. The molecule has 0 bridgehead atoms. The highest BCUT2D eigenvalue weighted by atomic mass is 79.9. The van der Waals surface area contributed by atoms with Crippen molar-refractivity contribution in [3.05, 3.63) is 46.5 Å². The third-order valence-corrected chi connectivity index (χ3v) is 6.70. The highest BCUT2D eigenvalue weighted by Crippen LogP contribution is 2.39. The topological polar surface area (TPSA) is 81.7 Å². The fourth-order valence-corrected chi connectivity index (χ4v) is 5.10. The van der Waals surface area contributed by atoms with Crippen molar-refractivity contribution in [3.8, 4) is 0 Å². The van der Waals surface area contributed by atoms with Crippen molar-refractivity contribution >= 4 is 51.7 Å². The van der Waals surface area contributed by atoms with E-state index in [4.69, 9.17) is 20.8 Å². The van der Waals surface area contributed by atoms with Gasteiger partial charge in [0.25, 0.3) is 0 Å². The van der Waals surface area contributed by atoms with Gasteiger partial charge in [0.15, 0.2) is 5.60 Å². The van der Waals surface area contributed by atoms with Crippen LogP contribution in [-0.4, -0.2) is 33.6 Å². The van der Waals surface area contributed by atoms with E-state index in [1.54, 1.807) is 31.2 Å². The predicted molar refractivity (Wildman–Crippen MR) is 112 cm³/mol. The molecule has 1 aromatic rings. The van der Waals surface area contributed by atoms with Gasteiger partial charge in [-0.25, -0.2) is 8.42 Å². The van der Waals surface area contributed by atoms with Crippen LogP contribution in [0.5, 0.6) is 0 Å². The summed E-state index contributed by atoms with van der Waals surface area (Å²) in [5.41, 5.74) is -0.837. The second-order valence-electron chi connectivity index (χ2n) is 7.31. The minimum Gasteiger partial charge on any atom is -0.538 e. The number of ketones is 1. The van der Waals surface area contributed by atoms with Crippen LogP contribution < -0.4 is 4.72 Å². The number of halogens is 2. The van der Waals surface area contributed by atoms with E-state index < -0.39 is 29.7 Å². The van der Waals surface area contributed by atoms with Crippen LogP contribution in [0.25, 0.3) is 0 Å². The molecule has 0 radical (unpaired) electrons. The number of nitrogens with one attached hydrogen (secondary N) is 1. The Morgan fingerprint density at radius 2 is 1.85 bits per heavy atom. The third-order valence-electron chi connectivity index (χ3n) is 3.75. The molecule has 1 aromatic carbocycles. The van der Waals surface area contributed by atoms with Gasteiger partial charge in [0.05, 0.1) is 5.75 Å². The quantitative estimate of drug-likeness (QED) is 0.436. The molecule has 10 heteroatoms. The van der Waals surface area contributed by atoms with Crippen molar-refractivity contribution in [2.45, 2.75) is 38.6 Å². The van der Waals surface area contributed by atoms with Crippen LogP contribution in [0.15, 0.2) is 35.9 Å². The fraction of sp³-hybridized carbons (Fsp3) is 0.471. The van der Waals surface area contributed by atoms with Crippen LogP contribution >= 0.6 is 27.5 Å². The normalized spacial score (nSPS) is 20.6. The van der Waals surface area contributed by atoms with E-state index in [0.717, 1.165) is 0 Å². The van der Waals surface area contributed by atoms with Gasteiger partial charge >= 0.3 is 0 Å². The Labute approximate surface area is 174 Å². The Morgan fingerprint density at radius 1 is 1.26 bits per heavy atom. The van der Waals surface area contributed by atoms with Gasteiger partial charge in [0, 0.05) is 15.9 Å². The Kier molecular flexibility index (Phi) is 6.71. The van der Waals surface area contributed by atoms with Gasteiger partial charge in [-0.2, -0.15) is 0 Å². The monoisotopic (exact) mass is 495 g/mol. The summed E-state index contributed by atoms with van der Waals surface area (Å²) in [5.74, 6) is -0.758. The van der Waals surface area contributed by atoms with Crippen LogP contribution in [0, 0.1) is 0 Å². The summed E-state index contributed by atoms with van der Waals surface area (Å²) in [6, 6.07) is 6.65. The molecule has 1 N–H and O–H groups in total. The van der Waals surface area contributed by atoms with Gasteiger partial charge in [0.2, 0.25) is 35.8 Å². The van der Waals surface area contributed by atoms with E-state index in [2.05, 4.69) is 20.7 Å². The SMILES string of the molecule is CC1(c2ccc(Cl)cc2)OC(NS(=O)(=O)CCCBr)=C(O[Si](C)(C)C)C1=O. The predicted octanol–water partition coefficient (Wildman–Crippen LogP) is 3.88. The number of rotatable bonds is 8. The molecule has 0 spiro atoms. The molecule has 27 heavy (non-hydrogen) atoms. The number of ether oxygens (including phenoxy) is 1. The van der Waals surface area contributed by atoms with Crippen molar-refractivity contribution in [1.82, 2.24) is 4.72 Å². The van der Waals surface area contributed by atoms with Crippen LogP contribution in [0.2, 0.25) is 24.7 Å². The molecule has 0 saturated carbocycles. The maximum atomic E-state index is 13.1. The van der Waals surface area contributed by atoms with E-state index in [0.29, 0.717) is 22.3 Å². The highest BCUT2D eigenvalue weighted by molar-refractivity contribution is 9.09. The number of sulfonamides is 1. The maximum Gasteiger partial charge on any atom is 0.249 e. The first-order valence-corrected chi connectivity index (χ1v) is 14.9. The molecule has 1 heterocycles. The van der Waals surface area contributed by atoms with Gasteiger partial charge in [-0.3, -0.25) is 9.52 Å². The number of carbonyl (C=O) groups excluding carboxylic acids is 1. The number of carbonyl (C=O) groups is 1. The zero-order valence-electron chi connectivity index (χ0n) is 15.6. The first-order valence-electron chi connectivity index (χ1n) is 8.37. The number of benzene rings is 1. The van der Waals surface area contributed by atoms with Crippen molar-refractivity contribution in [3.63, 3.8) is 0 Å². The molecule has 1 aliphatic heterocycles. The Balaban J connectivity index is 2.42. The Bertz CT molecular complexity index is 851. The molecular weight excluding hydrogens is 474 g/mol. The molecule has 6 nitrogen and oxygen atoms in total. The third kappa shape index (κ3) is 5.49. The van der Waals surface area contributed by atoms with Gasteiger partial charge < -0.3 is 9.16 Å². The average Bonchev–Trinajstić information content (AvgIpc) is 2.77. The van der Waals surface area contributed by atoms with Gasteiger partial charge in [-0.05, 0) is 45.1 Å². The fourth-order valence-electron chi connectivity index (χ4n) is 2.48. The number of Topliss-reactive ketones (excluding diaryl/α,β-unsaturated/α-hetero) is 1. The minimum atomic E-state index is -3.68. The van der Waals surface area contributed by atoms with Crippen molar-refractivity contribution < 1.29 is 22.4 Å². The Morgan fingerprint density at radius 3 is 2.37 bits per heavy atom. The zero-order valence-corrected chi connectivity index (χ0v) is 19.8. The summed E-state index contributed by atoms with van der Waals surface area (Å²) in [6.07, 6.45) is 0.426. The first-order chi connectivity index (χ1) is 12.4. The summed E-state index contributed by atoms with van der Waals surface area (Å²) in [4.78, 5) is 13.1. The second kappa shape index (κ2) is 8.14. The zero-order chi connectivity index (χ0) is 20.5. The van der Waals surface area contributed by atoms with Crippen LogP contribution in [0.4, 0.5) is 0 Å². The smallest absolute Gasteiger partial charge is 0.249 e. The summed E-state index contributed by atoms with van der Waals surface area (Å²) in [7, 11) is -5.88. The van der Waals surface area contributed by atoms with Crippen molar-refractivity contribution in [1.29, 1.82) is 0 Å². The van der Waals surface area contributed by atoms with Crippen molar-refractivity contribution in [2.75, 3.05) is 11.1 Å². The van der Waals surface area contributed by atoms with Crippen LogP contribution in [-0.2, 0) is 29.6 Å². The molecule has 0 aliphatic carbocycles. The lowest BCUT2D eigenvalue weighted by molar-refractivity contribution is -0.131. The van der Waals surface area contributed by atoms with Crippen LogP contribution in [0.3, 0.4) is 0 Å². The summed E-state index contributed by atoms with van der Waals surface area (Å²) in [6.45, 7) is 7.30. The van der Waals surface area contributed by atoms with E-state index in [1.165, 1.54) is 0 Å². The lowest BCUT2D eigenvalue weighted by Gasteiger charge is -2.24. The number of hydrogen-bond donors (Lipinski definition) is 1. The molecule has 0 saturated heterocycles. The van der Waals surface area contributed by atoms with E-state index in [9.17, 15) is 13.2 Å². The van der Waals surface area contributed by atoms with Gasteiger partial charge in [0.1, 0.15) is 0 Å². The number of alkyl halides is 1. The van der Waals surface area contributed by atoms with Crippen molar-refractivity contribution in [2.24, 2.45) is 0 Å². The average molecular weight is 497 g/mol. The molecule has 1 aliphatic rings. The lowest BCUT2D eigenvalue weighted by Crippen LogP contribution is -2.34. The largest absolute Gasteiger partial charge is 0.538 e. The molecule has 1 unspecified atom stereocenters. The molecule has 150 valence electrons. The molecular formula is C17H23BrClNO5SSi. The Hall–Kier alpha value is -1.03. The number of hydrogen-bond acceptors (Lipinski definition) is 5. The van der Waals surface area contributed by atoms with E-state index in [1.807, 2.05) is 19.6 Å². The minimum absolute atomic E-state index is 0.0750. The lowest BCUT2D eigenvalue weighted by atomic mass is 9.92. The molecule has 2 rings (SSSR count). The summed E-state index contributed by atoms with van der Waals surface area (Å²) in [5, 5.41) is 1.07. The molecule has 0 fully saturated rings.